The largest absolute Gasteiger partial charge is 0.370 e. The minimum absolute atomic E-state index is 0.215. The Morgan fingerprint density at radius 2 is 1.61 bits per heavy atom. The Balaban J connectivity index is 0.000000841. The van der Waals surface area contributed by atoms with Gasteiger partial charge >= 0.3 is 0 Å². The molecule has 0 saturated heterocycles. The number of hydrogen-bond acceptors (Lipinski definition) is 5. The van der Waals surface area contributed by atoms with Crippen molar-refractivity contribution in [2.45, 2.75) is 49.4 Å². The molecule has 1 aromatic rings. The molecule has 4 N–H and O–H groups in total. The zero-order valence-electron chi connectivity index (χ0n) is 13.4. The van der Waals surface area contributed by atoms with E-state index in [0.717, 1.165) is 12.1 Å². The molecule has 1 rings (SSSR count). The highest BCUT2D eigenvalue weighted by Crippen LogP contribution is 2.17. The lowest BCUT2D eigenvalue weighted by Crippen LogP contribution is -2.40. The SMILES string of the molecule is CC(C)(C)NS(=O)(=O)c1cccc(S(=O)(=O)O)c1.CCC(N)=O. The number of hydrogen-bond donors (Lipinski definition) is 3. The van der Waals surface area contributed by atoms with Crippen molar-refractivity contribution in [1.82, 2.24) is 4.72 Å². The smallest absolute Gasteiger partial charge is 0.294 e. The fourth-order valence-electron chi connectivity index (χ4n) is 1.26. The number of nitrogens with one attached hydrogen (secondary N) is 1. The van der Waals surface area contributed by atoms with E-state index >= 15 is 0 Å². The highest BCUT2D eigenvalue weighted by atomic mass is 32.2. The third-order valence-electron chi connectivity index (χ3n) is 2.20. The highest BCUT2D eigenvalue weighted by Gasteiger charge is 2.23. The van der Waals surface area contributed by atoms with Gasteiger partial charge in [-0.05, 0) is 39.0 Å². The number of rotatable bonds is 4. The molecule has 0 unspecified atom stereocenters. The maximum Gasteiger partial charge on any atom is 0.294 e. The summed E-state index contributed by atoms with van der Waals surface area (Å²) < 4.78 is 57.0. The summed E-state index contributed by atoms with van der Waals surface area (Å²) in [5, 5.41) is 0. The van der Waals surface area contributed by atoms with Gasteiger partial charge in [0.25, 0.3) is 10.1 Å². The van der Waals surface area contributed by atoms with Gasteiger partial charge in [-0.25, -0.2) is 13.1 Å². The van der Waals surface area contributed by atoms with Gasteiger partial charge in [-0.1, -0.05) is 13.0 Å². The van der Waals surface area contributed by atoms with Gasteiger partial charge in [-0.3, -0.25) is 9.35 Å². The lowest BCUT2D eigenvalue weighted by molar-refractivity contribution is -0.117. The Labute approximate surface area is 136 Å². The van der Waals surface area contributed by atoms with Crippen molar-refractivity contribution in [2.24, 2.45) is 5.73 Å². The van der Waals surface area contributed by atoms with E-state index < -0.39 is 30.6 Å². The monoisotopic (exact) mass is 366 g/mol. The van der Waals surface area contributed by atoms with Gasteiger partial charge in [0.2, 0.25) is 15.9 Å². The lowest BCUT2D eigenvalue weighted by Gasteiger charge is -2.20. The van der Waals surface area contributed by atoms with Crippen LogP contribution in [0.2, 0.25) is 0 Å². The molecular weight excluding hydrogens is 344 g/mol. The van der Waals surface area contributed by atoms with Crippen molar-refractivity contribution in [1.29, 1.82) is 0 Å². The van der Waals surface area contributed by atoms with Gasteiger partial charge in [0.05, 0.1) is 9.79 Å². The normalized spacial score (nSPS) is 12.2. The van der Waals surface area contributed by atoms with Gasteiger partial charge in [0.1, 0.15) is 0 Å². The van der Waals surface area contributed by atoms with Crippen molar-refractivity contribution < 1.29 is 26.2 Å². The number of benzene rings is 1. The highest BCUT2D eigenvalue weighted by molar-refractivity contribution is 7.89. The van der Waals surface area contributed by atoms with E-state index in [2.05, 4.69) is 10.5 Å². The second-order valence-corrected chi connectivity index (χ2v) is 8.73. The maximum atomic E-state index is 11.9. The summed E-state index contributed by atoms with van der Waals surface area (Å²) in [4.78, 5) is 8.92. The van der Waals surface area contributed by atoms with Crippen LogP contribution >= 0.6 is 0 Å². The molecular formula is C13H22N2O6S2. The van der Waals surface area contributed by atoms with Crippen LogP contribution in [0.15, 0.2) is 34.1 Å². The predicted molar refractivity (Wildman–Crippen MR) is 85.8 cm³/mol. The van der Waals surface area contributed by atoms with Crippen LogP contribution in [-0.2, 0) is 24.9 Å². The van der Waals surface area contributed by atoms with Crippen LogP contribution in [0.1, 0.15) is 34.1 Å². The Morgan fingerprint density at radius 3 is 1.96 bits per heavy atom. The Kier molecular flexibility index (Phi) is 7.35. The van der Waals surface area contributed by atoms with Crippen LogP contribution < -0.4 is 10.5 Å². The van der Waals surface area contributed by atoms with Crippen molar-refractivity contribution in [2.75, 3.05) is 0 Å². The molecule has 132 valence electrons. The minimum Gasteiger partial charge on any atom is -0.370 e. The Morgan fingerprint density at radius 1 is 1.17 bits per heavy atom. The molecule has 0 bridgehead atoms. The molecule has 0 aliphatic carbocycles. The standard InChI is InChI=1S/C10H15NO5S2.C3H7NO/c1-10(2,3)11-17(12,13)8-5-4-6-9(7-8)18(14,15)16;1-2-3(4)5/h4-7,11H,1-3H3,(H,14,15,16);2H2,1H3,(H2,4,5). The summed E-state index contributed by atoms with van der Waals surface area (Å²) in [5.41, 5.74) is 3.97. The van der Waals surface area contributed by atoms with E-state index in [1.807, 2.05) is 0 Å². The summed E-state index contributed by atoms with van der Waals surface area (Å²) >= 11 is 0. The number of amides is 1. The average molecular weight is 366 g/mol. The number of nitrogens with two attached hydrogens (primary N) is 1. The molecule has 10 heteroatoms. The summed E-state index contributed by atoms with van der Waals surface area (Å²) in [6, 6.07) is 4.53. The van der Waals surface area contributed by atoms with E-state index in [4.69, 9.17) is 4.55 Å². The van der Waals surface area contributed by atoms with Crippen molar-refractivity contribution >= 4 is 26.0 Å². The molecule has 8 nitrogen and oxygen atoms in total. The predicted octanol–water partition coefficient (Wildman–Crippen LogP) is 0.892. The molecule has 0 fully saturated rings. The number of carbonyl (C=O) groups excluding carboxylic acids is 1. The van der Waals surface area contributed by atoms with Crippen LogP contribution in [0.5, 0.6) is 0 Å². The summed E-state index contributed by atoms with van der Waals surface area (Å²) in [5.74, 6) is -0.245. The average Bonchev–Trinajstić information content (AvgIpc) is 2.36. The molecule has 0 aliphatic heterocycles. The molecule has 0 radical (unpaired) electrons. The molecule has 1 aromatic carbocycles. The number of primary amides is 1. The second kappa shape index (κ2) is 7.86. The third-order valence-corrected chi connectivity index (χ3v) is 4.81. The first-order chi connectivity index (χ1) is 10.2. The molecule has 0 heterocycles. The topological polar surface area (TPSA) is 144 Å². The van der Waals surface area contributed by atoms with Gasteiger partial charge in [0, 0.05) is 12.0 Å². The number of sulfonamides is 1. The zero-order valence-corrected chi connectivity index (χ0v) is 15.0. The van der Waals surface area contributed by atoms with Crippen LogP contribution in [0.3, 0.4) is 0 Å². The van der Waals surface area contributed by atoms with Crippen LogP contribution in [0.25, 0.3) is 0 Å². The van der Waals surface area contributed by atoms with E-state index in [1.165, 1.54) is 12.1 Å². The van der Waals surface area contributed by atoms with Gasteiger partial charge in [-0.2, -0.15) is 8.42 Å². The zero-order chi connectivity index (χ0) is 18.5. The molecule has 1 amide bonds. The van der Waals surface area contributed by atoms with Gasteiger partial charge < -0.3 is 5.73 Å². The van der Waals surface area contributed by atoms with Crippen molar-refractivity contribution in [3.05, 3.63) is 24.3 Å². The first-order valence-electron chi connectivity index (χ1n) is 6.59. The summed E-state index contributed by atoms with van der Waals surface area (Å²) in [6.45, 7) is 6.72. The first-order valence-corrected chi connectivity index (χ1v) is 9.51. The van der Waals surface area contributed by atoms with E-state index in [0.29, 0.717) is 6.42 Å². The van der Waals surface area contributed by atoms with Gasteiger partial charge in [-0.15, -0.1) is 0 Å². The second-order valence-electron chi connectivity index (χ2n) is 5.63. The summed E-state index contributed by atoms with van der Waals surface area (Å²) in [6.07, 6.45) is 0.444. The van der Waals surface area contributed by atoms with Gasteiger partial charge in [0.15, 0.2) is 0 Å². The quantitative estimate of drug-likeness (QED) is 0.675. The fraction of sp³-hybridized carbons (Fsp3) is 0.462. The molecule has 0 saturated carbocycles. The Bertz CT molecular complexity index is 749. The molecule has 0 aromatic heterocycles. The Hall–Kier alpha value is -1.49. The van der Waals surface area contributed by atoms with Crippen molar-refractivity contribution in [3.63, 3.8) is 0 Å². The molecule has 0 aliphatic rings. The van der Waals surface area contributed by atoms with Crippen LogP contribution in [0.4, 0.5) is 0 Å². The molecule has 0 spiro atoms. The van der Waals surface area contributed by atoms with Crippen molar-refractivity contribution in [3.8, 4) is 0 Å². The van der Waals surface area contributed by atoms with E-state index in [1.54, 1.807) is 27.7 Å². The first kappa shape index (κ1) is 21.5. The lowest BCUT2D eigenvalue weighted by atomic mass is 10.1. The number of carbonyl (C=O) groups is 1. The fourth-order valence-corrected chi connectivity index (χ4v) is 3.33. The molecule has 23 heavy (non-hydrogen) atoms. The summed E-state index contributed by atoms with van der Waals surface area (Å²) in [7, 11) is -8.25. The third kappa shape index (κ3) is 8.65. The van der Waals surface area contributed by atoms with E-state index in [-0.39, 0.29) is 10.8 Å². The van der Waals surface area contributed by atoms with Crippen LogP contribution in [0, 0.1) is 0 Å². The van der Waals surface area contributed by atoms with Crippen LogP contribution in [-0.4, -0.2) is 32.8 Å². The maximum absolute atomic E-state index is 11.9. The minimum atomic E-state index is -4.42. The van der Waals surface area contributed by atoms with E-state index in [9.17, 15) is 21.6 Å². The molecule has 0 atom stereocenters.